The normalized spacial score (nSPS) is 15.7. The van der Waals surface area contributed by atoms with Gasteiger partial charge >= 0.3 is 0 Å². The molecule has 0 amide bonds. The molecule has 0 aliphatic heterocycles. The largest absolute Gasteiger partial charge is 0.308 e. The summed E-state index contributed by atoms with van der Waals surface area (Å²) in [5.41, 5.74) is 1.29. The van der Waals surface area contributed by atoms with Crippen LogP contribution in [0.3, 0.4) is 0 Å². The number of hydrogen-bond acceptors (Lipinski definition) is 2. The summed E-state index contributed by atoms with van der Waals surface area (Å²) in [4.78, 5) is 0. The van der Waals surface area contributed by atoms with Gasteiger partial charge in [-0.15, -0.1) is 11.3 Å². The third-order valence-corrected chi connectivity index (χ3v) is 3.34. The maximum Gasteiger partial charge on any atom is 0.0931 e. The molecule has 2 atom stereocenters. The summed E-state index contributed by atoms with van der Waals surface area (Å²) in [6.45, 7) is 6.56. The van der Waals surface area contributed by atoms with Crippen LogP contribution in [0.25, 0.3) is 0 Å². The molecule has 0 aromatic carbocycles. The van der Waals surface area contributed by atoms with Gasteiger partial charge in [0.2, 0.25) is 0 Å². The van der Waals surface area contributed by atoms with Crippen molar-refractivity contribution in [3.05, 3.63) is 21.3 Å². The van der Waals surface area contributed by atoms with Crippen molar-refractivity contribution in [3.63, 3.8) is 0 Å². The van der Waals surface area contributed by atoms with Gasteiger partial charge in [-0.3, -0.25) is 0 Å². The van der Waals surface area contributed by atoms with Gasteiger partial charge in [-0.2, -0.15) is 0 Å². The molecule has 74 valence electrons. The van der Waals surface area contributed by atoms with Gasteiger partial charge in [0, 0.05) is 12.1 Å². The minimum Gasteiger partial charge on any atom is -0.308 e. The molecule has 1 nitrogen and oxygen atoms in total. The minimum absolute atomic E-state index is 0.402. The Balaban J connectivity index is 2.53. The first-order valence-corrected chi connectivity index (χ1v) is 5.89. The fourth-order valence-corrected chi connectivity index (χ4v) is 2.18. The molecule has 0 saturated carbocycles. The summed E-state index contributed by atoms with van der Waals surface area (Å²) in [5.74, 6) is 0. The van der Waals surface area contributed by atoms with Crippen LogP contribution in [0.1, 0.15) is 38.8 Å². The first kappa shape index (κ1) is 11.0. The Labute approximate surface area is 89.1 Å². The molecule has 0 saturated heterocycles. The Morgan fingerprint density at radius 3 is 2.69 bits per heavy atom. The van der Waals surface area contributed by atoms with Crippen LogP contribution in [0.2, 0.25) is 4.34 Å². The van der Waals surface area contributed by atoms with Crippen molar-refractivity contribution in [2.24, 2.45) is 0 Å². The van der Waals surface area contributed by atoms with Crippen molar-refractivity contribution in [1.82, 2.24) is 5.32 Å². The average Bonchev–Trinajstić information content (AvgIpc) is 2.51. The van der Waals surface area contributed by atoms with Crippen LogP contribution >= 0.6 is 22.9 Å². The van der Waals surface area contributed by atoms with Gasteiger partial charge in [-0.25, -0.2) is 0 Å². The molecular formula is C10H16ClNS. The zero-order chi connectivity index (χ0) is 9.84. The number of halogens is 1. The molecular weight excluding hydrogens is 202 g/mol. The summed E-state index contributed by atoms with van der Waals surface area (Å²) in [5, 5.41) is 5.62. The summed E-state index contributed by atoms with van der Waals surface area (Å²) < 4.78 is 0.868. The first-order valence-electron chi connectivity index (χ1n) is 4.63. The van der Waals surface area contributed by atoms with E-state index in [1.165, 1.54) is 5.56 Å². The van der Waals surface area contributed by atoms with E-state index in [1.54, 1.807) is 11.3 Å². The molecule has 1 aromatic heterocycles. The maximum absolute atomic E-state index is 5.87. The molecule has 3 heteroatoms. The molecule has 1 N–H and O–H groups in total. The molecule has 2 unspecified atom stereocenters. The van der Waals surface area contributed by atoms with E-state index >= 15 is 0 Å². The van der Waals surface area contributed by atoms with E-state index in [0.29, 0.717) is 12.1 Å². The van der Waals surface area contributed by atoms with Crippen LogP contribution in [-0.4, -0.2) is 6.04 Å². The second-order valence-corrected chi connectivity index (χ2v) is 4.92. The highest BCUT2D eigenvalue weighted by Gasteiger charge is 2.09. The van der Waals surface area contributed by atoms with E-state index in [1.807, 2.05) is 6.07 Å². The number of thiophene rings is 1. The second-order valence-electron chi connectivity index (χ2n) is 3.38. The molecule has 1 heterocycles. The summed E-state index contributed by atoms with van der Waals surface area (Å²) in [6, 6.07) is 3.00. The Morgan fingerprint density at radius 1 is 1.54 bits per heavy atom. The van der Waals surface area contributed by atoms with Crippen molar-refractivity contribution in [1.29, 1.82) is 0 Å². The number of nitrogens with one attached hydrogen (secondary N) is 1. The molecule has 0 aliphatic rings. The molecule has 13 heavy (non-hydrogen) atoms. The molecule has 0 bridgehead atoms. The molecule has 0 spiro atoms. The van der Waals surface area contributed by atoms with Gasteiger partial charge in [-0.1, -0.05) is 18.5 Å². The zero-order valence-electron chi connectivity index (χ0n) is 8.30. The minimum atomic E-state index is 0.402. The Bertz CT molecular complexity index is 259. The van der Waals surface area contributed by atoms with E-state index in [0.717, 1.165) is 10.8 Å². The van der Waals surface area contributed by atoms with Gasteiger partial charge in [-0.05, 0) is 37.3 Å². The lowest BCUT2D eigenvalue weighted by molar-refractivity contribution is 0.470. The van der Waals surface area contributed by atoms with E-state index in [-0.39, 0.29) is 0 Å². The lowest BCUT2D eigenvalue weighted by atomic mass is 10.1. The van der Waals surface area contributed by atoms with Crippen molar-refractivity contribution in [2.45, 2.75) is 39.3 Å². The SMILES string of the molecule is CCC(C)NC(C)c1csc(Cl)c1. The lowest BCUT2D eigenvalue weighted by Crippen LogP contribution is -2.27. The smallest absolute Gasteiger partial charge is 0.0931 e. The highest BCUT2D eigenvalue weighted by molar-refractivity contribution is 7.14. The van der Waals surface area contributed by atoms with E-state index in [9.17, 15) is 0 Å². The average molecular weight is 218 g/mol. The third-order valence-electron chi connectivity index (χ3n) is 2.23. The summed E-state index contributed by atoms with van der Waals surface area (Å²) in [7, 11) is 0. The monoisotopic (exact) mass is 217 g/mol. The van der Waals surface area contributed by atoms with Gasteiger partial charge in [0.15, 0.2) is 0 Å². The number of hydrogen-bond donors (Lipinski definition) is 1. The van der Waals surface area contributed by atoms with Crippen LogP contribution in [0.5, 0.6) is 0 Å². The maximum atomic E-state index is 5.87. The molecule has 0 radical (unpaired) electrons. The lowest BCUT2D eigenvalue weighted by Gasteiger charge is -2.17. The van der Waals surface area contributed by atoms with Crippen molar-refractivity contribution >= 4 is 22.9 Å². The van der Waals surface area contributed by atoms with Gasteiger partial charge in [0.05, 0.1) is 4.34 Å². The highest BCUT2D eigenvalue weighted by Crippen LogP contribution is 2.24. The first-order chi connectivity index (χ1) is 6.13. The van der Waals surface area contributed by atoms with Gasteiger partial charge in [0.25, 0.3) is 0 Å². The van der Waals surface area contributed by atoms with Gasteiger partial charge in [0.1, 0.15) is 0 Å². The van der Waals surface area contributed by atoms with Gasteiger partial charge < -0.3 is 5.32 Å². The fraction of sp³-hybridized carbons (Fsp3) is 0.600. The van der Waals surface area contributed by atoms with E-state index in [2.05, 4.69) is 31.5 Å². The molecule has 0 aliphatic carbocycles. The molecule has 0 fully saturated rings. The molecule has 1 aromatic rings. The Hall–Kier alpha value is -0.0500. The van der Waals surface area contributed by atoms with Crippen LogP contribution in [0.4, 0.5) is 0 Å². The fourth-order valence-electron chi connectivity index (χ4n) is 1.19. The highest BCUT2D eigenvalue weighted by atomic mass is 35.5. The zero-order valence-corrected chi connectivity index (χ0v) is 9.88. The second kappa shape index (κ2) is 4.99. The standard InChI is InChI=1S/C10H16ClNS/c1-4-7(2)12-8(3)9-5-10(11)13-6-9/h5-8,12H,4H2,1-3H3. The van der Waals surface area contributed by atoms with Crippen molar-refractivity contribution in [2.75, 3.05) is 0 Å². The van der Waals surface area contributed by atoms with E-state index < -0.39 is 0 Å². The Kier molecular flexibility index (Phi) is 4.23. The summed E-state index contributed by atoms with van der Waals surface area (Å²) >= 11 is 7.46. The quantitative estimate of drug-likeness (QED) is 0.808. The van der Waals surface area contributed by atoms with Crippen LogP contribution in [-0.2, 0) is 0 Å². The van der Waals surface area contributed by atoms with Crippen LogP contribution in [0, 0.1) is 0 Å². The van der Waals surface area contributed by atoms with E-state index in [4.69, 9.17) is 11.6 Å². The number of rotatable bonds is 4. The third kappa shape index (κ3) is 3.29. The van der Waals surface area contributed by atoms with Crippen LogP contribution < -0.4 is 5.32 Å². The van der Waals surface area contributed by atoms with Crippen molar-refractivity contribution < 1.29 is 0 Å². The van der Waals surface area contributed by atoms with Crippen LogP contribution in [0.15, 0.2) is 11.4 Å². The summed E-state index contributed by atoms with van der Waals surface area (Å²) in [6.07, 6.45) is 1.15. The van der Waals surface area contributed by atoms with Crippen molar-refractivity contribution in [3.8, 4) is 0 Å². The topological polar surface area (TPSA) is 12.0 Å². The predicted molar refractivity (Wildman–Crippen MR) is 60.6 cm³/mol. The predicted octanol–water partition coefficient (Wildman–Crippen LogP) is 3.85. The molecule has 1 rings (SSSR count). The Morgan fingerprint density at radius 2 is 2.23 bits per heavy atom.